The van der Waals surface area contributed by atoms with Gasteiger partial charge < -0.3 is 15.4 Å². The number of alkyl halides is 3. The molecule has 23 heavy (non-hydrogen) atoms. The highest BCUT2D eigenvalue weighted by molar-refractivity contribution is 5.63. The van der Waals surface area contributed by atoms with Gasteiger partial charge in [-0.05, 0) is 31.5 Å². The molecule has 9 heteroatoms. The first kappa shape index (κ1) is 17.5. The molecule has 6 nitrogen and oxygen atoms in total. The normalized spacial score (nSPS) is 21.4. The number of benzene rings is 1. The van der Waals surface area contributed by atoms with Gasteiger partial charge in [-0.3, -0.25) is 10.1 Å². The molecule has 0 spiro atoms. The Kier molecular flexibility index (Phi) is 5.10. The Morgan fingerprint density at radius 2 is 2.22 bits per heavy atom. The lowest BCUT2D eigenvalue weighted by Crippen LogP contribution is -2.49. The van der Waals surface area contributed by atoms with E-state index in [1.165, 1.54) is 0 Å². The fourth-order valence-electron chi connectivity index (χ4n) is 2.74. The summed E-state index contributed by atoms with van der Waals surface area (Å²) in [5.41, 5.74) is -1.94. The number of nitro benzene ring substituents is 1. The van der Waals surface area contributed by atoms with Gasteiger partial charge in [-0.2, -0.15) is 13.2 Å². The molecule has 0 amide bonds. The van der Waals surface area contributed by atoms with Gasteiger partial charge >= 0.3 is 6.18 Å². The molecule has 0 bridgehead atoms. The highest BCUT2D eigenvalue weighted by atomic mass is 19.4. The molecule has 2 N–H and O–H groups in total. The van der Waals surface area contributed by atoms with E-state index in [-0.39, 0.29) is 11.2 Å². The topological polar surface area (TPSA) is 76.4 Å². The number of hydrogen-bond donors (Lipinski definition) is 2. The van der Waals surface area contributed by atoms with E-state index >= 15 is 0 Å². The van der Waals surface area contributed by atoms with Crippen molar-refractivity contribution < 1.29 is 22.8 Å². The van der Waals surface area contributed by atoms with Crippen LogP contribution >= 0.6 is 0 Å². The van der Waals surface area contributed by atoms with Crippen molar-refractivity contribution in [3.05, 3.63) is 33.9 Å². The fraction of sp³-hybridized carbons (Fsp3) is 0.571. The molecule has 1 aliphatic rings. The zero-order chi connectivity index (χ0) is 17.1. The maximum absolute atomic E-state index is 12.7. The Morgan fingerprint density at radius 3 is 2.74 bits per heavy atom. The Labute approximate surface area is 131 Å². The summed E-state index contributed by atoms with van der Waals surface area (Å²) in [4.78, 5) is 10.2. The second kappa shape index (κ2) is 6.71. The largest absolute Gasteiger partial charge is 0.416 e. The van der Waals surface area contributed by atoms with Crippen LogP contribution in [0.2, 0.25) is 0 Å². The summed E-state index contributed by atoms with van der Waals surface area (Å²) in [5.74, 6) is 0. The van der Waals surface area contributed by atoms with Crippen LogP contribution in [-0.4, -0.2) is 37.3 Å². The lowest BCUT2D eigenvalue weighted by molar-refractivity contribution is -0.384. The van der Waals surface area contributed by atoms with Gasteiger partial charge in [-0.25, -0.2) is 0 Å². The maximum Gasteiger partial charge on any atom is 0.416 e. The van der Waals surface area contributed by atoms with Gasteiger partial charge in [0.1, 0.15) is 5.69 Å². The predicted molar refractivity (Wildman–Crippen MR) is 78.4 cm³/mol. The van der Waals surface area contributed by atoms with Crippen molar-refractivity contribution in [1.29, 1.82) is 0 Å². The first-order valence-electron chi connectivity index (χ1n) is 7.11. The third-order valence-electron chi connectivity index (χ3n) is 3.89. The molecule has 0 aliphatic carbocycles. The number of nitro groups is 1. The highest BCUT2D eigenvalue weighted by Gasteiger charge is 2.35. The standard InChI is InChI=1S/C14H18F3N3O3/c1-23-9-13(5-2-6-19-13)8-18-11-4-3-10(14(15,16)17)7-12(11)20(21)22/h3-4,7,18-19H,2,5-6,8-9H2,1H3. The second-order valence-electron chi connectivity index (χ2n) is 5.58. The lowest BCUT2D eigenvalue weighted by atomic mass is 9.98. The van der Waals surface area contributed by atoms with E-state index in [0.717, 1.165) is 31.5 Å². The van der Waals surface area contributed by atoms with E-state index in [2.05, 4.69) is 10.6 Å². The van der Waals surface area contributed by atoms with E-state index in [0.29, 0.717) is 19.2 Å². The first-order valence-corrected chi connectivity index (χ1v) is 7.11. The summed E-state index contributed by atoms with van der Waals surface area (Å²) in [6.07, 6.45) is -2.85. The fourth-order valence-corrected chi connectivity index (χ4v) is 2.74. The van der Waals surface area contributed by atoms with Crippen LogP contribution in [0.15, 0.2) is 18.2 Å². The van der Waals surface area contributed by atoms with Gasteiger partial charge in [-0.1, -0.05) is 0 Å². The minimum Gasteiger partial charge on any atom is -0.383 e. The molecule has 0 saturated carbocycles. The summed E-state index contributed by atoms with van der Waals surface area (Å²) in [6.45, 7) is 1.54. The van der Waals surface area contributed by atoms with Crippen molar-refractivity contribution in [2.45, 2.75) is 24.6 Å². The van der Waals surface area contributed by atoms with Gasteiger partial charge in [-0.15, -0.1) is 0 Å². The Morgan fingerprint density at radius 1 is 1.48 bits per heavy atom. The molecule has 1 saturated heterocycles. The molecular formula is C14H18F3N3O3. The van der Waals surface area contributed by atoms with Crippen molar-refractivity contribution >= 4 is 11.4 Å². The molecule has 1 unspecified atom stereocenters. The lowest BCUT2D eigenvalue weighted by Gasteiger charge is -2.29. The van der Waals surface area contributed by atoms with Gasteiger partial charge in [0.05, 0.1) is 22.6 Å². The van der Waals surface area contributed by atoms with Crippen LogP contribution in [0.3, 0.4) is 0 Å². The van der Waals surface area contributed by atoms with Crippen LogP contribution in [0.5, 0.6) is 0 Å². The van der Waals surface area contributed by atoms with E-state index in [1.807, 2.05) is 0 Å². The second-order valence-corrected chi connectivity index (χ2v) is 5.58. The van der Waals surface area contributed by atoms with Crippen LogP contribution < -0.4 is 10.6 Å². The smallest absolute Gasteiger partial charge is 0.383 e. The van der Waals surface area contributed by atoms with Crippen LogP contribution in [0.4, 0.5) is 24.5 Å². The SMILES string of the molecule is COCC1(CNc2ccc(C(F)(F)F)cc2[N+](=O)[O-])CCCN1. The number of nitrogens with one attached hydrogen (secondary N) is 2. The molecule has 1 atom stereocenters. The maximum atomic E-state index is 12.7. The monoisotopic (exact) mass is 333 g/mol. The number of methoxy groups -OCH3 is 1. The molecule has 128 valence electrons. The average molecular weight is 333 g/mol. The van der Waals surface area contributed by atoms with Crippen molar-refractivity contribution in [2.75, 3.05) is 32.1 Å². The molecule has 1 heterocycles. The van der Waals surface area contributed by atoms with E-state index in [4.69, 9.17) is 4.74 Å². The van der Waals surface area contributed by atoms with Crippen molar-refractivity contribution in [3.63, 3.8) is 0 Å². The first-order chi connectivity index (χ1) is 10.8. The van der Waals surface area contributed by atoms with Gasteiger partial charge in [0.25, 0.3) is 5.69 Å². The van der Waals surface area contributed by atoms with Crippen molar-refractivity contribution in [1.82, 2.24) is 5.32 Å². The quantitative estimate of drug-likeness (QED) is 0.618. The zero-order valence-electron chi connectivity index (χ0n) is 12.6. The average Bonchev–Trinajstić information content (AvgIpc) is 2.93. The molecule has 1 aromatic rings. The minimum absolute atomic E-state index is 0.0622. The summed E-state index contributed by atoms with van der Waals surface area (Å²) >= 11 is 0. The third kappa shape index (κ3) is 4.11. The van der Waals surface area contributed by atoms with Crippen LogP contribution in [-0.2, 0) is 10.9 Å². The van der Waals surface area contributed by atoms with Crippen molar-refractivity contribution in [2.24, 2.45) is 0 Å². The molecule has 0 aromatic heterocycles. The van der Waals surface area contributed by atoms with Crippen LogP contribution in [0.25, 0.3) is 0 Å². The number of hydrogen-bond acceptors (Lipinski definition) is 5. The van der Waals surface area contributed by atoms with Crippen LogP contribution in [0, 0.1) is 10.1 Å². The van der Waals surface area contributed by atoms with Gasteiger partial charge in [0, 0.05) is 19.7 Å². The molecule has 1 aromatic carbocycles. The predicted octanol–water partition coefficient (Wildman–Crippen LogP) is 2.79. The van der Waals surface area contributed by atoms with Crippen LogP contribution in [0.1, 0.15) is 18.4 Å². The van der Waals surface area contributed by atoms with E-state index < -0.39 is 22.4 Å². The minimum atomic E-state index is -4.62. The highest BCUT2D eigenvalue weighted by Crippen LogP contribution is 2.35. The Bertz CT molecular complexity index is 572. The Balaban J connectivity index is 2.20. The number of rotatable bonds is 6. The zero-order valence-corrected chi connectivity index (χ0v) is 12.6. The molecule has 0 radical (unpaired) electrons. The number of ether oxygens (including phenoxy) is 1. The van der Waals surface area contributed by atoms with E-state index in [1.54, 1.807) is 7.11 Å². The Hall–Kier alpha value is -1.87. The molecule has 1 fully saturated rings. The molecule has 1 aliphatic heterocycles. The van der Waals surface area contributed by atoms with Crippen molar-refractivity contribution in [3.8, 4) is 0 Å². The third-order valence-corrected chi connectivity index (χ3v) is 3.89. The molecule has 2 rings (SSSR count). The summed E-state index contributed by atoms with van der Waals surface area (Å²) in [7, 11) is 1.56. The van der Waals surface area contributed by atoms with E-state index in [9.17, 15) is 23.3 Å². The number of nitrogens with zero attached hydrogens (tertiary/aromatic N) is 1. The summed E-state index contributed by atoms with van der Waals surface area (Å²) in [5, 5.41) is 17.2. The van der Waals surface area contributed by atoms with Gasteiger partial charge in [0.2, 0.25) is 0 Å². The summed E-state index contributed by atoms with van der Waals surface area (Å²) < 4.78 is 43.2. The number of anilines is 1. The number of halogens is 3. The summed E-state index contributed by atoms with van der Waals surface area (Å²) in [6, 6.07) is 2.48. The van der Waals surface area contributed by atoms with Gasteiger partial charge in [0.15, 0.2) is 0 Å². The molecular weight excluding hydrogens is 315 g/mol.